The zero-order valence-corrected chi connectivity index (χ0v) is 15.2. The summed E-state index contributed by atoms with van der Waals surface area (Å²) in [7, 11) is 0. The monoisotopic (exact) mass is 352 g/mol. The minimum atomic E-state index is -1.57. The minimum absolute atomic E-state index is 0.00983. The first-order valence-corrected chi connectivity index (χ1v) is 8.99. The molecule has 2 rings (SSSR count). The Morgan fingerprint density at radius 2 is 1.76 bits per heavy atom. The Kier molecular flexibility index (Phi) is 6.03. The van der Waals surface area contributed by atoms with Crippen molar-refractivity contribution < 1.29 is 29.0 Å². The van der Waals surface area contributed by atoms with E-state index in [1.54, 1.807) is 20.8 Å². The van der Waals surface area contributed by atoms with Gasteiger partial charge in [0.2, 0.25) is 0 Å². The zero-order chi connectivity index (χ0) is 18.8. The maximum Gasteiger partial charge on any atom is 0.323 e. The molecule has 0 amide bonds. The SMILES string of the molecule is C=C(C)[C@@H]1CC(C(=O)OCC)(C(=O)OCC)CC2C(=O)CC[C@H]2[C@@H]1O. The van der Waals surface area contributed by atoms with Gasteiger partial charge in [0, 0.05) is 18.3 Å². The number of carbonyl (C=O) groups excluding carboxylic acids is 3. The number of ether oxygens (including phenoxy) is 2. The number of aliphatic hydroxyl groups excluding tert-OH is 1. The largest absolute Gasteiger partial charge is 0.465 e. The average Bonchev–Trinajstić information content (AvgIpc) is 2.84. The van der Waals surface area contributed by atoms with Gasteiger partial charge < -0.3 is 14.6 Å². The van der Waals surface area contributed by atoms with Gasteiger partial charge in [0.15, 0.2) is 5.41 Å². The van der Waals surface area contributed by atoms with Crippen molar-refractivity contribution in [3.8, 4) is 0 Å². The molecule has 0 aromatic heterocycles. The van der Waals surface area contributed by atoms with E-state index in [1.807, 2.05) is 0 Å². The summed E-state index contributed by atoms with van der Waals surface area (Å²) in [4.78, 5) is 38.0. The summed E-state index contributed by atoms with van der Waals surface area (Å²) >= 11 is 0. The third kappa shape index (κ3) is 3.50. The number of hydrogen-bond acceptors (Lipinski definition) is 6. The van der Waals surface area contributed by atoms with Crippen molar-refractivity contribution in [3.63, 3.8) is 0 Å². The molecule has 25 heavy (non-hydrogen) atoms. The molecule has 2 fully saturated rings. The van der Waals surface area contributed by atoms with Crippen LogP contribution in [0.2, 0.25) is 0 Å². The fourth-order valence-electron chi connectivity index (χ4n) is 4.28. The molecule has 6 nitrogen and oxygen atoms in total. The van der Waals surface area contributed by atoms with Crippen LogP contribution in [-0.4, -0.2) is 42.1 Å². The molecular formula is C19H28O6. The second kappa shape index (κ2) is 7.68. The number of fused-ring (bicyclic) bond motifs is 1. The second-order valence-corrected chi connectivity index (χ2v) is 7.15. The Morgan fingerprint density at radius 1 is 1.20 bits per heavy atom. The fraction of sp³-hybridized carbons (Fsp3) is 0.737. The molecule has 0 aliphatic heterocycles. The number of carbonyl (C=O) groups is 3. The number of aliphatic hydroxyl groups is 1. The van der Waals surface area contributed by atoms with Gasteiger partial charge in [0.1, 0.15) is 5.78 Å². The van der Waals surface area contributed by atoms with Crippen LogP contribution >= 0.6 is 0 Å². The normalized spacial score (nSPS) is 31.0. The summed E-state index contributed by atoms with van der Waals surface area (Å²) in [6, 6.07) is 0. The van der Waals surface area contributed by atoms with Crippen LogP contribution < -0.4 is 0 Å². The fourth-order valence-corrected chi connectivity index (χ4v) is 4.28. The lowest BCUT2D eigenvalue weighted by molar-refractivity contribution is -0.174. The highest BCUT2D eigenvalue weighted by Crippen LogP contribution is 2.50. The third-order valence-corrected chi connectivity index (χ3v) is 5.61. The van der Waals surface area contributed by atoms with Crippen LogP contribution in [0, 0.1) is 23.2 Å². The van der Waals surface area contributed by atoms with Crippen molar-refractivity contribution in [2.45, 2.75) is 52.6 Å². The third-order valence-electron chi connectivity index (χ3n) is 5.61. The minimum Gasteiger partial charge on any atom is -0.465 e. The molecule has 0 saturated heterocycles. The van der Waals surface area contributed by atoms with Crippen molar-refractivity contribution in [1.29, 1.82) is 0 Å². The molecule has 0 spiro atoms. The average molecular weight is 352 g/mol. The Labute approximate surface area is 148 Å². The summed E-state index contributed by atoms with van der Waals surface area (Å²) in [6.45, 7) is 9.29. The lowest BCUT2D eigenvalue weighted by Gasteiger charge is -2.32. The molecule has 140 valence electrons. The maximum absolute atomic E-state index is 12.8. The van der Waals surface area contributed by atoms with E-state index in [4.69, 9.17) is 9.47 Å². The van der Waals surface area contributed by atoms with Crippen molar-refractivity contribution >= 4 is 17.7 Å². The first-order chi connectivity index (χ1) is 11.8. The van der Waals surface area contributed by atoms with Crippen molar-refractivity contribution in [1.82, 2.24) is 0 Å². The molecule has 0 aromatic carbocycles. The lowest BCUT2D eigenvalue weighted by atomic mass is 9.73. The zero-order valence-electron chi connectivity index (χ0n) is 15.2. The smallest absolute Gasteiger partial charge is 0.323 e. The van der Waals surface area contributed by atoms with Gasteiger partial charge >= 0.3 is 11.9 Å². The van der Waals surface area contributed by atoms with Crippen LogP contribution in [0.3, 0.4) is 0 Å². The van der Waals surface area contributed by atoms with Crippen LogP contribution in [0.5, 0.6) is 0 Å². The van der Waals surface area contributed by atoms with Gasteiger partial charge in [0.25, 0.3) is 0 Å². The van der Waals surface area contributed by atoms with Gasteiger partial charge in [-0.15, -0.1) is 0 Å². The van der Waals surface area contributed by atoms with Crippen molar-refractivity contribution in [2.75, 3.05) is 13.2 Å². The second-order valence-electron chi connectivity index (χ2n) is 7.15. The van der Waals surface area contributed by atoms with E-state index in [9.17, 15) is 19.5 Å². The number of Topliss-reactive ketones (excluding diaryl/α,β-unsaturated/α-hetero) is 1. The van der Waals surface area contributed by atoms with Gasteiger partial charge in [0.05, 0.1) is 19.3 Å². The molecule has 2 saturated carbocycles. The highest BCUT2D eigenvalue weighted by molar-refractivity contribution is 6.01. The molecule has 2 aliphatic rings. The Balaban J connectivity index is 2.54. The Bertz CT molecular complexity index is 544. The van der Waals surface area contributed by atoms with Gasteiger partial charge in [-0.1, -0.05) is 12.2 Å². The number of hydrogen-bond donors (Lipinski definition) is 1. The molecule has 0 heterocycles. The summed E-state index contributed by atoms with van der Waals surface area (Å²) in [5, 5.41) is 10.8. The molecule has 6 heteroatoms. The Morgan fingerprint density at radius 3 is 2.24 bits per heavy atom. The summed E-state index contributed by atoms with van der Waals surface area (Å²) in [5.74, 6) is -2.62. The predicted octanol–water partition coefficient (Wildman–Crippen LogP) is 2.04. The maximum atomic E-state index is 12.8. The first-order valence-electron chi connectivity index (χ1n) is 8.99. The Hall–Kier alpha value is -1.69. The summed E-state index contributed by atoms with van der Waals surface area (Å²) in [5.41, 5.74) is -0.888. The summed E-state index contributed by atoms with van der Waals surface area (Å²) < 4.78 is 10.4. The van der Waals surface area contributed by atoms with E-state index < -0.39 is 35.3 Å². The number of ketones is 1. The highest BCUT2D eigenvalue weighted by Gasteiger charge is 2.58. The molecule has 0 aromatic rings. The molecule has 4 atom stereocenters. The van der Waals surface area contributed by atoms with Crippen molar-refractivity contribution in [3.05, 3.63) is 12.2 Å². The van der Waals surface area contributed by atoms with Gasteiger partial charge in [-0.25, -0.2) is 0 Å². The van der Waals surface area contributed by atoms with E-state index in [1.165, 1.54) is 0 Å². The lowest BCUT2D eigenvalue weighted by Crippen LogP contribution is -2.45. The van der Waals surface area contributed by atoms with Crippen LogP contribution in [-0.2, 0) is 23.9 Å². The topological polar surface area (TPSA) is 89.9 Å². The van der Waals surface area contributed by atoms with Crippen LogP contribution in [0.1, 0.15) is 46.5 Å². The van der Waals surface area contributed by atoms with Gasteiger partial charge in [-0.05, 0) is 46.0 Å². The molecule has 0 radical (unpaired) electrons. The van der Waals surface area contributed by atoms with E-state index in [0.717, 1.165) is 0 Å². The molecule has 2 aliphatic carbocycles. The predicted molar refractivity (Wildman–Crippen MR) is 90.5 cm³/mol. The number of esters is 2. The van der Waals surface area contributed by atoms with Crippen molar-refractivity contribution in [2.24, 2.45) is 23.2 Å². The standard InChI is InChI=1S/C19H28O6/c1-5-24-17(22)19(18(23)25-6-2)9-13(11(3)4)16(21)12-7-8-15(20)14(12)10-19/h12-14,16,21H,3,5-10H2,1-2,4H3/t12-,13+,14?,16+/m1/s1. The highest BCUT2D eigenvalue weighted by atomic mass is 16.6. The molecule has 1 unspecified atom stereocenters. The summed E-state index contributed by atoms with van der Waals surface area (Å²) in [6.07, 6.45) is 0.212. The van der Waals surface area contributed by atoms with E-state index >= 15 is 0 Å². The van der Waals surface area contributed by atoms with Crippen LogP contribution in [0.25, 0.3) is 0 Å². The molecule has 1 N–H and O–H groups in total. The van der Waals surface area contributed by atoms with E-state index in [0.29, 0.717) is 18.4 Å². The van der Waals surface area contributed by atoms with E-state index in [-0.39, 0.29) is 37.8 Å². The quantitative estimate of drug-likeness (QED) is 0.463. The first kappa shape index (κ1) is 19.6. The molecule has 0 bridgehead atoms. The van der Waals surface area contributed by atoms with Gasteiger partial charge in [-0.3, -0.25) is 14.4 Å². The number of rotatable bonds is 5. The van der Waals surface area contributed by atoms with Gasteiger partial charge in [-0.2, -0.15) is 0 Å². The molecular weight excluding hydrogens is 324 g/mol. The van der Waals surface area contributed by atoms with Crippen LogP contribution in [0.4, 0.5) is 0 Å². The van der Waals surface area contributed by atoms with E-state index in [2.05, 4.69) is 6.58 Å². The van der Waals surface area contributed by atoms with Crippen LogP contribution in [0.15, 0.2) is 12.2 Å².